The van der Waals surface area contributed by atoms with E-state index in [0.717, 1.165) is 18.7 Å². The van der Waals surface area contributed by atoms with Gasteiger partial charge in [-0.25, -0.2) is 4.79 Å². The number of ether oxygens (including phenoxy) is 1. The van der Waals surface area contributed by atoms with Gasteiger partial charge in [-0.3, -0.25) is 9.69 Å². The van der Waals surface area contributed by atoms with Crippen LogP contribution in [0.15, 0.2) is 18.3 Å². The van der Waals surface area contributed by atoms with Crippen molar-refractivity contribution in [2.75, 3.05) is 19.6 Å². The molecule has 2 amide bonds. The second kappa shape index (κ2) is 7.91. The molecule has 25 heavy (non-hydrogen) atoms. The number of amides is 2. The van der Waals surface area contributed by atoms with Crippen LogP contribution < -0.4 is 0 Å². The minimum absolute atomic E-state index is 0.0114. The molecule has 140 valence electrons. The molecular formula is C18H29N3O4. The summed E-state index contributed by atoms with van der Waals surface area (Å²) in [7, 11) is 0. The zero-order valence-electron chi connectivity index (χ0n) is 15.6. The molecule has 0 spiro atoms. The van der Waals surface area contributed by atoms with Crippen molar-refractivity contribution < 1.29 is 19.4 Å². The quantitative estimate of drug-likeness (QED) is 0.878. The van der Waals surface area contributed by atoms with Gasteiger partial charge < -0.3 is 19.3 Å². The summed E-state index contributed by atoms with van der Waals surface area (Å²) in [5.74, 6) is -0.0491. The molecule has 0 saturated carbocycles. The standard InChI is InChI=1S/C18H29N3O4/c1-14-16(23)20(10-6-9-19-8-5-7-15(19)13-22)11-12-21(14)17(24)25-18(2,3)4/h5,7-8,14,22H,6,9-13H2,1-4H3. The van der Waals surface area contributed by atoms with Gasteiger partial charge in [0.2, 0.25) is 5.91 Å². The smallest absolute Gasteiger partial charge is 0.411 e. The number of aliphatic hydroxyl groups excluding tert-OH is 1. The predicted octanol–water partition coefficient (Wildman–Crippen LogP) is 1.84. The van der Waals surface area contributed by atoms with Crippen LogP contribution in [0.3, 0.4) is 0 Å². The lowest BCUT2D eigenvalue weighted by Crippen LogP contribution is -2.58. The van der Waals surface area contributed by atoms with E-state index in [9.17, 15) is 14.7 Å². The molecular weight excluding hydrogens is 322 g/mol. The van der Waals surface area contributed by atoms with E-state index in [1.165, 1.54) is 4.90 Å². The number of piperazine rings is 1. The maximum Gasteiger partial charge on any atom is 0.411 e. The second-order valence-electron chi connectivity index (χ2n) is 7.38. The third-order valence-electron chi connectivity index (χ3n) is 4.29. The number of hydrogen-bond acceptors (Lipinski definition) is 4. The summed E-state index contributed by atoms with van der Waals surface area (Å²) in [4.78, 5) is 28.1. The molecule has 2 rings (SSSR count). The molecule has 1 aliphatic heterocycles. The Morgan fingerprint density at radius 1 is 1.32 bits per heavy atom. The second-order valence-corrected chi connectivity index (χ2v) is 7.38. The Hall–Kier alpha value is -2.02. The minimum atomic E-state index is -0.571. The van der Waals surface area contributed by atoms with E-state index in [-0.39, 0.29) is 12.5 Å². The van der Waals surface area contributed by atoms with Crippen molar-refractivity contribution in [2.24, 2.45) is 0 Å². The number of carbonyl (C=O) groups excluding carboxylic acids is 2. The Balaban J connectivity index is 1.85. The number of aromatic nitrogens is 1. The average Bonchev–Trinajstić information content (AvgIpc) is 2.97. The molecule has 0 aliphatic carbocycles. The minimum Gasteiger partial charge on any atom is -0.444 e. The molecule has 2 heterocycles. The SMILES string of the molecule is CC1C(=O)N(CCCn2cccc2CO)CCN1C(=O)OC(C)(C)C. The lowest BCUT2D eigenvalue weighted by atomic mass is 10.1. The molecule has 0 radical (unpaired) electrons. The molecule has 7 heteroatoms. The normalized spacial score (nSPS) is 18.6. The number of carbonyl (C=O) groups is 2. The molecule has 1 saturated heterocycles. The number of aryl methyl sites for hydroxylation is 1. The van der Waals surface area contributed by atoms with Gasteiger partial charge in [-0.1, -0.05) is 0 Å². The lowest BCUT2D eigenvalue weighted by molar-refractivity contribution is -0.140. The zero-order valence-corrected chi connectivity index (χ0v) is 15.6. The van der Waals surface area contributed by atoms with Crippen LogP contribution >= 0.6 is 0 Å². The monoisotopic (exact) mass is 351 g/mol. The Labute approximate surface area is 149 Å². The summed E-state index contributed by atoms with van der Waals surface area (Å²) in [6.45, 7) is 9.58. The van der Waals surface area contributed by atoms with E-state index in [2.05, 4.69) is 0 Å². The lowest BCUT2D eigenvalue weighted by Gasteiger charge is -2.39. The van der Waals surface area contributed by atoms with Crippen molar-refractivity contribution in [2.45, 2.75) is 58.9 Å². The Morgan fingerprint density at radius 3 is 2.68 bits per heavy atom. The average molecular weight is 351 g/mol. The van der Waals surface area contributed by atoms with Crippen LogP contribution in [-0.4, -0.2) is 62.8 Å². The Bertz CT molecular complexity index is 606. The fourth-order valence-electron chi connectivity index (χ4n) is 2.96. The highest BCUT2D eigenvalue weighted by Gasteiger charge is 2.36. The highest BCUT2D eigenvalue weighted by atomic mass is 16.6. The highest BCUT2D eigenvalue weighted by Crippen LogP contribution is 2.17. The number of nitrogens with zero attached hydrogens (tertiary/aromatic N) is 3. The summed E-state index contributed by atoms with van der Waals surface area (Å²) in [5, 5.41) is 9.26. The summed E-state index contributed by atoms with van der Waals surface area (Å²) in [6, 6.07) is 3.27. The Morgan fingerprint density at radius 2 is 2.04 bits per heavy atom. The van der Waals surface area contributed by atoms with Gasteiger partial charge in [0.25, 0.3) is 0 Å². The fourth-order valence-corrected chi connectivity index (χ4v) is 2.96. The van der Waals surface area contributed by atoms with E-state index in [1.807, 2.05) is 43.7 Å². The van der Waals surface area contributed by atoms with E-state index in [4.69, 9.17) is 4.74 Å². The van der Waals surface area contributed by atoms with Crippen LogP contribution in [0, 0.1) is 0 Å². The van der Waals surface area contributed by atoms with Crippen molar-refractivity contribution in [3.05, 3.63) is 24.0 Å². The summed E-state index contributed by atoms with van der Waals surface area (Å²) < 4.78 is 7.37. The van der Waals surface area contributed by atoms with Gasteiger partial charge in [0, 0.05) is 38.1 Å². The van der Waals surface area contributed by atoms with Crippen molar-refractivity contribution in [1.82, 2.24) is 14.4 Å². The molecule has 1 unspecified atom stereocenters. The first-order valence-corrected chi connectivity index (χ1v) is 8.76. The van der Waals surface area contributed by atoms with Gasteiger partial charge >= 0.3 is 6.09 Å². The van der Waals surface area contributed by atoms with Crippen LogP contribution in [0.2, 0.25) is 0 Å². The third-order valence-corrected chi connectivity index (χ3v) is 4.29. The first-order valence-electron chi connectivity index (χ1n) is 8.76. The van der Waals surface area contributed by atoms with Crippen molar-refractivity contribution in [1.29, 1.82) is 0 Å². The van der Waals surface area contributed by atoms with Gasteiger partial charge in [0.15, 0.2) is 0 Å². The van der Waals surface area contributed by atoms with E-state index < -0.39 is 17.7 Å². The fraction of sp³-hybridized carbons (Fsp3) is 0.667. The molecule has 7 nitrogen and oxygen atoms in total. The summed E-state index contributed by atoms with van der Waals surface area (Å²) >= 11 is 0. The predicted molar refractivity (Wildman–Crippen MR) is 94.0 cm³/mol. The highest BCUT2D eigenvalue weighted by molar-refractivity contribution is 5.86. The largest absolute Gasteiger partial charge is 0.444 e. The van der Waals surface area contributed by atoms with Crippen LogP contribution in [0.5, 0.6) is 0 Å². The van der Waals surface area contributed by atoms with Crippen molar-refractivity contribution in [3.63, 3.8) is 0 Å². The van der Waals surface area contributed by atoms with Crippen LogP contribution in [0.4, 0.5) is 4.79 Å². The summed E-state index contributed by atoms with van der Waals surface area (Å²) in [6.07, 6.45) is 2.29. The molecule has 0 bridgehead atoms. The van der Waals surface area contributed by atoms with Crippen LogP contribution in [-0.2, 0) is 22.7 Å². The van der Waals surface area contributed by atoms with Gasteiger partial charge in [0.05, 0.1) is 6.61 Å². The van der Waals surface area contributed by atoms with E-state index in [0.29, 0.717) is 19.6 Å². The molecule has 1 N–H and O–H groups in total. The number of aliphatic hydroxyl groups is 1. The maximum atomic E-state index is 12.6. The van der Waals surface area contributed by atoms with E-state index in [1.54, 1.807) is 11.8 Å². The van der Waals surface area contributed by atoms with Gasteiger partial charge in [-0.15, -0.1) is 0 Å². The topological polar surface area (TPSA) is 75.0 Å². The summed E-state index contributed by atoms with van der Waals surface area (Å²) in [5.41, 5.74) is 0.299. The first kappa shape index (κ1) is 19.3. The Kier molecular flexibility index (Phi) is 6.11. The van der Waals surface area contributed by atoms with Gasteiger partial charge in [-0.05, 0) is 46.2 Å². The zero-order chi connectivity index (χ0) is 18.6. The molecule has 1 atom stereocenters. The van der Waals surface area contributed by atoms with Gasteiger partial charge in [0.1, 0.15) is 11.6 Å². The van der Waals surface area contributed by atoms with Crippen LogP contribution in [0.1, 0.15) is 39.8 Å². The van der Waals surface area contributed by atoms with Crippen LogP contribution in [0.25, 0.3) is 0 Å². The maximum absolute atomic E-state index is 12.6. The van der Waals surface area contributed by atoms with Gasteiger partial charge in [-0.2, -0.15) is 0 Å². The molecule has 1 aromatic rings. The number of rotatable bonds is 5. The molecule has 1 aliphatic rings. The molecule has 1 fully saturated rings. The molecule has 0 aromatic carbocycles. The van der Waals surface area contributed by atoms with Crippen molar-refractivity contribution in [3.8, 4) is 0 Å². The first-order chi connectivity index (χ1) is 11.7. The van der Waals surface area contributed by atoms with E-state index >= 15 is 0 Å². The van der Waals surface area contributed by atoms with Crippen molar-refractivity contribution >= 4 is 12.0 Å². The molecule has 1 aromatic heterocycles. The third kappa shape index (κ3) is 4.98. The number of hydrogen-bond donors (Lipinski definition) is 1.